The standard InChI is InChI=1S/C22H29N5OS.HI/c1-23-22(27-12-10-26(11-13-27)20-9-4-14-29-20)24-16-17-5-2-8-19(15-17)25-21(28)18-6-3-7-18;/h2,4-5,8-9,14-15,18H,3,6-7,10-13,16H2,1H3,(H,23,24)(H,25,28);1H. The molecular formula is C22H30IN5OS. The van der Waals surface area contributed by atoms with Gasteiger partial charge in [-0.1, -0.05) is 18.6 Å². The van der Waals surface area contributed by atoms with Crippen molar-refractivity contribution in [3.63, 3.8) is 0 Å². The van der Waals surface area contributed by atoms with Crippen LogP contribution in [0.25, 0.3) is 0 Å². The van der Waals surface area contributed by atoms with E-state index in [4.69, 9.17) is 0 Å². The first-order valence-electron chi connectivity index (χ1n) is 10.4. The van der Waals surface area contributed by atoms with Crippen LogP contribution in [0.5, 0.6) is 0 Å². The van der Waals surface area contributed by atoms with Crippen LogP contribution in [0.1, 0.15) is 24.8 Å². The minimum Gasteiger partial charge on any atom is -0.360 e. The predicted molar refractivity (Wildman–Crippen MR) is 136 cm³/mol. The lowest BCUT2D eigenvalue weighted by Crippen LogP contribution is -2.52. The van der Waals surface area contributed by atoms with E-state index in [-0.39, 0.29) is 35.8 Å². The maximum Gasteiger partial charge on any atom is 0.227 e. The van der Waals surface area contributed by atoms with Gasteiger partial charge >= 0.3 is 0 Å². The van der Waals surface area contributed by atoms with Gasteiger partial charge in [-0.25, -0.2) is 0 Å². The zero-order valence-corrected chi connectivity index (χ0v) is 20.5. The Labute approximate surface area is 199 Å². The number of piperazine rings is 1. The van der Waals surface area contributed by atoms with Gasteiger partial charge < -0.3 is 20.4 Å². The molecule has 30 heavy (non-hydrogen) atoms. The number of benzene rings is 1. The van der Waals surface area contributed by atoms with Gasteiger partial charge in [0.05, 0.1) is 5.00 Å². The number of guanidine groups is 1. The minimum absolute atomic E-state index is 0. The molecule has 162 valence electrons. The largest absolute Gasteiger partial charge is 0.360 e. The second-order valence-corrected chi connectivity index (χ2v) is 8.57. The van der Waals surface area contributed by atoms with Gasteiger partial charge in [0, 0.05) is 51.4 Å². The first-order chi connectivity index (χ1) is 14.2. The molecule has 2 heterocycles. The van der Waals surface area contributed by atoms with E-state index in [9.17, 15) is 4.79 Å². The Morgan fingerprint density at radius 2 is 1.97 bits per heavy atom. The molecule has 1 saturated carbocycles. The maximum absolute atomic E-state index is 12.2. The van der Waals surface area contributed by atoms with E-state index in [2.05, 4.69) is 49.0 Å². The number of anilines is 2. The van der Waals surface area contributed by atoms with E-state index in [1.54, 1.807) is 11.3 Å². The summed E-state index contributed by atoms with van der Waals surface area (Å²) in [6.07, 6.45) is 3.20. The number of nitrogens with zero attached hydrogens (tertiary/aromatic N) is 3. The Balaban J connectivity index is 0.00000256. The van der Waals surface area contributed by atoms with Crippen molar-refractivity contribution in [2.75, 3.05) is 43.4 Å². The molecule has 0 radical (unpaired) electrons. The highest BCUT2D eigenvalue weighted by Gasteiger charge is 2.25. The van der Waals surface area contributed by atoms with Gasteiger partial charge in [0.2, 0.25) is 5.91 Å². The summed E-state index contributed by atoms with van der Waals surface area (Å²) in [5.74, 6) is 1.28. The lowest BCUT2D eigenvalue weighted by atomic mass is 9.85. The molecule has 0 bridgehead atoms. The van der Waals surface area contributed by atoms with E-state index in [1.807, 2.05) is 25.2 Å². The molecule has 0 atom stereocenters. The number of amides is 1. The van der Waals surface area contributed by atoms with Crippen LogP contribution in [0, 0.1) is 5.92 Å². The molecule has 0 spiro atoms. The zero-order chi connectivity index (χ0) is 20.1. The van der Waals surface area contributed by atoms with Crippen molar-refractivity contribution in [1.82, 2.24) is 10.2 Å². The molecule has 1 aromatic heterocycles. The summed E-state index contributed by atoms with van der Waals surface area (Å²) in [7, 11) is 1.84. The Bertz CT molecular complexity index is 845. The lowest BCUT2D eigenvalue weighted by molar-refractivity contribution is -0.122. The van der Waals surface area contributed by atoms with Crippen molar-refractivity contribution in [2.45, 2.75) is 25.8 Å². The van der Waals surface area contributed by atoms with Crippen molar-refractivity contribution in [2.24, 2.45) is 10.9 Å². The second-order valence-electron chi connectivity index (χ2n) is 7.64. The van der Waals surface area contributed by atoms with Crippen molar-refractivity contribution < 1.29 is 4.79 Å². The fourth-order valence-electron chi connectivity index (χ4n) is 3.78. The van der Waals surface area contributed by atoms with Crippen LogP contribution in [-0.2, 0) is 11.3 Å². The Morgan fingerprint density at radius 1 is 1.17 bits per heavy atom. The SMILES string of the molecule is CN=C(NCc1cccc(NC(=O)C2CCC2)c1)N1CCN(c2cccs2)CC1.I. The fraction of sp³-hybridized carbons (Fsp3) is 0.455. The van der Waals surface area contributed by atoms with Crippen molar-refractivity contribution in [3.8, 4) is 0 Å². The fourth-order valence-corrected chi connectivity index (χ4v) is 4.56. The summed E-state index contributed by atoms with van der Waals surface area (Å²) in [6.45, 7) is 4.60. The number of hydrogen-bond donors (Lipinski definition) is 2. The number of hydrogen-bond acceptors (Lipinski definition) is 4. The van der Waals surface area contributed by atoms with Gasteiger partial charge in [0.25, 0.3) is 0 Å². The summed E-state index contributed by atoms with van der Waals surface area (Å²) in [4.78, 5) is 21.4. The summed E-state index contributed by atoms with van der Waals surface area (Å²) in [5, 5.41) is 10.0. The third-order valence-corrected chi connectivity index (χ3v) is 6.66. The Morgan fingerprint density at radius 3 is 2.60 bits per heavy atom. The van der Waals surface area contributed by atoms with Crippen LogP contribution in [0.15, 0.2) is 46.8 Å². The van der Waals surface area contributed by atoms with E-state index >= 15 is 0 Å². The first-order valence-corrected chi connectivity index (χ1v) is 11.2. The quantitative estimate of drug-likeness (QED) is 0.343. The van der Waals surface area contributed by atoms with E-state index in [0.717, 1.165) is 56.2 Å². The topological polar surface area (TPSA) is 60.0 Å². The molecule has 1 aliphatic heterocycles. The Hall–Kier alpha value is -1.81. The maximum atomic E-state index is 12.2. The molecular weight excluding hydrogens is 509 g/mol. The summed E-state index contributed by atoms with van der Waals surface area (Å²) < 4.78 is 0. The summed E-state index contributed by atoms with van der Waals surface area (Å²) in [6, 6.07) is 12.4. The van der Waals surface area contributed by atoms with Crippen LogP contribution < -0.4 is 15.5 Å². The van der Waals surface area contributed by atoms with E-state index < -0.39 is 0 Å². The predicted octanol–water partition coefficient (Wildman–Crippen LogP) is 4.00. The van der Waals surface area contributed by atoms with Gasteiger partial charge in [-0.05, 0) is 48.1 Å². The van der Waals surface area contributed by atoms with E-state index in [0.29, 0.717) is 6.54 Å². The number of carbonyl (C=O) groups is 1. The van der Waals surface area contributed by atoms with Gasteiger partial charge in [0.15, 0.2) is 5.96 Å². The molecule has 2 N–H and O–H groups in total. The van der Waals surface area contributed by atoms with Gasteiger partial charge in [-0.2, -0.15) is 0 Å². The van der Waals surface area contributed by atoms with Gasteiger partial charge in [-0.15, -0.1) is 35.3 Å². The lowest BCUT2D eigenvalue weighted by Gasteiger charge is -2.37. The van der Waals surface area contributed by atoms with Gasteiger partial charge in [-0.3, -0.25) is 9.79 Å². The highest BCUT2D eigenvalue weighted by Crippen LogP contribution is 2.27. The third-order valence-electron chi connectivity index (χ3n) is 5.73. The van der Waals surface area contributed by atoms with E-state index in [1.165, 1.54) is 11.4 Å². The molecule has 2 aliphatic rings. The molecule has 1 saturated heterocycles. The molecule has 1 amide bonds. The molecule has 8 heteroatoms. The number of aliphatic imine (C=N–C) groups is 1. The van der Waals surface area contributed by atoms with Crippen LogP contribution in [0.4, 0.5) is 10.7 Å². The van der Waals surface area contributed by atoms with Crippen LogP contribution >= 0.6 is 35.3 Å². The van der Waals surface area contributed by atoms with Crippen molar-refractivity contribution in [1.29, 1.82) is 0 Å². The minimum atomic E-state index is 0. The average Bonchev–Trinajstić information content (AvgIpc) is 3.23. The molecule has 2 aromatic rings. The molecule has 1 aromatic carbocycles. The monoisotopic (exact) mass is 539 g/mol. The third kappa shape index (κ3) is 5.66. The molecule has 6 nitrogen and oxygen atoms in total. The van der Waals surface area contributed by atoms with Crippen molar-refractivity contribution >= 4 is 57.9 Å². The molecule has 4 rings (SSSR count). The second kappa shape index (κ2) is 11.0. The molecule has 2 fully saturated rings. The average molecular weight is 539 g/mol. The van der Waals surface area contributed by atoms with Crippen LogP contribution in [-0.4, -0.2) is 50.0 Å². The van der Waals surface area contributed by atoms with Gasteiger partial charge in [0.1, 0.15) is 0 Å². The normalized spacial score (nSPS) is 17.2. The number of nitrogens with one attached hydrogen (secondary N) is 2. The first kappa shape index (κ1) is 22.9. The number of thiophene rings is 1. The van der Waals surface area contributed by atoms with Crippen LogP contribution in [0.3, 0.4) is 0 Å². The van der Waals surface area contributed by atoms with Crippen LogP contribution in [0.2, 0.25) is 0 Å². The Kier molecular flexibility index (Phi) is 8.38. The highest BCUT2D eigenvalue weighted by atomic mass is 127. The number of rotatable bonds is 5. The molecule has 1 aliphatic carbocycles. The number of carbonyl (C=O) groups excluding carboxylic acids is 1. The summed E-state index contributed by atoms with van der Waals surface area (Å²) in [5.41, 5.74) is 2.01. The smallest absolute Gasteiger partial charge is 0.227 e. The number of halogens is 1. The molecule has 0 unspecified atom stereocenters. The highest BCUT2D eigenvalue weighted by molar-refractivity contribution is 14.0. The summed E-state index contributed by atoms with van der Waals surface area (Å²) >= 11 is 1.80. The van der Waals surface area contributed by atoms with Crippen molar-refractivity contribution in [3.05, 3.63) is 47.3 Å². The zero-order valence-electron chi connectivity index (χ0n) is 17.3.